The average molecular weight is 461 g/mol. The van der Waals surface area contributed by atoms with Crippen molar-refractivity contribution < 1.29 is 13.2 Å². The van der Waals surface area contributed by atoms with Gasteiger partial charge in [0.25, 0.3) is 10.0 Å². The number of para-hydroxylation sites is 1. The van der Waals surface area contributed by atoms with Gasteiger partial charge in [-0.25, -0.2) is 8.42 Å². The number of carbonyl (C=O) groups is 1. The minimum absolute atomic E-state index is 0.0881. The Morgan fingerprint density at radius 2 is 1.73 bits per heavy atom. The zero-order chi connectivity index (χ0) is 21.7. The first-order chi connectivity index (χ1) is 14.3. The largest absolute Gasteiger partial charge is 0.324 e. The predicted molar refractivity (Wildman–Crippen MR) is 124 cm³/mol. The SMILES string of the molecule is CSc1cccc(NC(=O)CN(c2ccccc2Cl)S(=O)(=O)c2ccc(C)cc2)c1. The molecule has 0 aliphatic carbocycles. The number of nitrogens with zero attached hydrogens (tertiary/aromatic N) is 1. The van der Waals surface area contributed by atoms with E-state index in [1.54, 1.807) is 54.2 Å². The molecule has 0 radical (unpaired) electrons. The Hall–Kier alpha value is -2.48. The summed E-state index contributed by atoms with van der Waals surface area (Å²) in [5.41, 5.74) is 1.77. The first-order valence-electron chi connectivity index (χ1n) is 9.09. The second kappa shape index (κ2) is 9.55. The van der Waals surface area contributed by atoms with Crippen LogP contribution in [0.15, 0.2) is 82.6 Å². The van der Waals surface area contributed by atoms with Gasteiger partial charge in [-0.1, -0.05) is 47.5 Å². The highest BCUT2D eigenvalue weighted by molar-refractivity contribution is 7.98. The normalized spacial score (nSPS) is 11.2. The van der Waals surface area contributed by atoms with Crippen LogP contribution in [0.25, 0.3) is 0 Å². The summed E-state index contributed by atoms with van der Waals surface area (Å²) in [5.74, 6) is -0.469. The van der Waals surface area contributed by atoms with Crippen molar-refractivity contribution in [1.82, 2.24) is 0 Å². The number of halogens is 1. The van der Waals surface area contributed by atoms with Gasteiger partial charge in [0.15, 0.2) is 0 Å². The van der Waals surface area contributed by atoms with Gasteiger partial charge in [0.05, 0.1) is 15.6 Å². The van der Waals surface area contributed by atoms with Crippen LogP contribution in [0, 0.1) is 6.92 Å². The Morgan fingerprint density at radius 1 is 1.03 bits per heavy atom. The molecule has 8 heteroatoms. The molecule has 0 unspecified atom stereocenters. The molecule has 1 N–H and O–H groups in total. The molecule has 0 saturated heterocycles. The van der Waals surface area contributed by atoms with E-state index in [2.05, 4.69) is 5.32 Å². The molecule has 0 aliphatic rings. The minimum atomic E-state index is -4.01. The van der Waals surface area contributed by atoms with E-state index < -0.39 is 22.5 Å². The molecule has 3 aromatic carbocycles. The summed E-state index contributed by atoms with van der Waals surface area (Å²) in [7, 11) is -4.01. The standard InChI is InChI=1S/C22H21ClN2O3S2/c1-16-10-12-19(13-11-16)30(27,28)25(21-9-4-3-8-20(21)23)15-22(26)24-17-6-5-7-18(14-17)29-2/h3-14H,15H2,1-2H3,(H,24,26). The first kappa shape index (κ1) is 22.2. The van der Waals surface area contributed by atoms with Crippen LogP contribution in [-0.4, -0.2) is 27.1 Å². The molecule has 0 aromatic heterocycles. The van der Waals surface area contributed by atoms with Gasteiger partial charge in [-0.15, -0.1) is 11.8 Å². The van der Waals surface area contributed by atoms with E-state index in [1.807, 2.05) is 31.4 Å². The molecular formula is C22H21ClN2O3S2. The molecule has 0 saturated carbocycles. The van der Waals surface area contributed by atoms with Crippen molar-refractivity contribution >= 4 is 50.7 Å². The Balaban J connectivity index is 1.95. The van der Waals surface area contributed by atoms with E-state index in [1.165, 1.54) is 12.1 Å². The maximum atomic E-state index is 13.4. The zero-order valence-electron chi connectivity index (χ0n) is 16.5. The maximum absolute atomic E-state index is 13.4. The quantitative estimate of drug-likeness (QED) is 0.492. The summed E-state index contributed by atoms with van der Waals surface area (Å²) >= 11 is 7.83. The molecule has 3 aromatic rings. The Morgan fingerprint density at radius 3 is 2.40 bits per heavy atom. The van der Waals surface area contributed by atoms with Crippen LogP contribution in [-0.2, 0) is 14.8 Å². The highest BCUT2D eigenvalue weighted by atomic mass is 35.5. The summed E-state index contributed by atoms with van der Waals surface area (Å²) in [6.45, 7) is 1.46. The smallest absolute Gasteiger partial charge is 0.264 e. The third-order valence-corrected chi connectivity index (χ3v) is 7.19. The molecule has 0 fully saturated rings. The third kappa shape index (κ3) is 5.16. The lowest BCUT2D eigenvalue weighted by Crippen LogP contribution is -2.38. The van der Waals surface area contributed by atoms with Crippen LogP contribution < -0.4 is 9.62 Å². The molecule has 3 rings (SSSR count). The van der Waals surface area contributed by atoms with Crippen molar-refractivity contribution in [2.45, 2.75) is 16.7 Å². The van der Waals surface area contributed by atoms with Crippen molar-refractivity contribution in [3.05, 3.63) is 83.4 Å². The molecule has 0 spiro atoms. The second-order valence-corrected chi connectivity index (χ2v) is 9.71. The molecule has 30 heavy (non-hydrogen) atoms. The van der Waals surface area contributed by atoms with Crippen molar-refractivity contribution in [2.75, 3.05) is 22.4 Å². The Bertz CT molecular complexity index is 1150. The average Bonchev–Trinajstić information content (AvgIpc) is 2.73. The Labute approximate surface area is 186 Å². The summed E-state index contributed by atoms with van der Waals surface area (Å²) in [4.78, 5) is 13.8. The van der Waals surface area contributed by atoms with Crippen LogP contribution in [0.1, 0.15) is 5.56 Å². The fourth-order valence-electron chi connectivity index (χ4n) is 2.82. The topological polar surface area (TPSA) is 66.5 Å². The zero-order valence-corrected chi connectivity index (χ0v) is 18.9. The van der Waals surface area contributed by atoms with Gasteiger partial charge in [-0.05, 0) is 55.6 Å². The molecular weight excluding hydrogens is 440 g/mol. The fourth-order valence-corrected chi connectivity index (χ4v) is 5.01. The molecule has 0 aliphatic heterocycles. The third-order valence-electron chi connectivity index (χ3n) is 4.37. The van der Waals surface area contributed by atoms with Crippen LogP contribution in [0.3, 0.4) is 0 Å². The van der Waals surface area contributed by atoms with Crippen molar-refractivity contribution in [1.29, 1.82) is 0 Å². The number of aryl methyl sites for hydroxylation is 1. The van der Waals surface area contributed by atoms with E-state index in [0.717, 1.165) is 14.8 Å². The molecule has 0 atom stereocenters. The fraction of sp³-hybridized carbons (Fsp3) is 0.136. The first-order valence-corrected chi connectivity index (χ1v) is 12.1. The number of hydrogen-bond acceptors (Lipinski definition) is 4. The van der Waals surface area contributed by atoms with Gasteiger partial charge in [0.1, 0.15) is 6.54 Å². The lowest BCUT2D eigenvalue weighted by atomic mass is 10.2. The van der Waals surface area contributed by atoms with Gasteiger partial charge < -0.3 is 5.32 Å². The number of amides is 1. The van der Waals surface area contributed by atoms with E-state index in [4.69, 9.17) is 11.6 Å². The van der Waals surface area contributed by atoms with Crippen molar-refractivity contribution in [3.8, 4) is 0 Å². The van der Waals surface area contributed by atoms with E-state index in [0.29, 0.717) is 5.69 Å². The van der Waals surface area contributed by atoms with Gasteiger partial charge in [-0.2, -0.15) is 0 Å². The number of carbonyl (C=O) groups excluding carboxylic acids is 1. The van der Waals surface area contributed by atoms with Crippen molar-refractivity contribution in [3.63, 3.8) is 0 Å². The monoisotopic (exact) mass is 460 g/mol. The van der Waals surface area contributed by atoms with E-state index in [-0.39, 0.29) is 15.6 Å². The number of benzene rings is 3. The lowest BCUT2D eigenvalue weighted by molar-refractivity contribution is -0.114. The number of anilines is 2. The number of nitrogens with one attached hydrogen (secondary N) is 1. The summed E-state index contributed by atoms with van der Waals surface area (Å²) in [6, 6.07) is 20.4. The molecule has 156 valence electrons. The lowest BCUT2D eigenvalue weighted by Gasteiger charge is -2.25. The van der Waals surface area contributed by atoms with Crippen molar-refractivity contribution in [2.24, 2.45) is 0 Å². The number of rotatable bonds is 7. The van der Waals surface area contributed by atoms with E-state index in [9.17, 15) is 13.2 Å². The molecule has 0 heterocycles. The number of sulfonamides is 1. The number of hydrogen-bond donors (Lipinski definition) is 1. The summed E-state index contributed by atoms with van der Waals surface area (Å²) < 4.78 is 27.8. The summed E-state index contributed by atoms with van der Waals surface area (Å²) in [6.07, 6.45) is 1.94. The van der Waals surface area contributed by atoms with Crippen LogP contribution >= 0.6 is 23.4 Å². The maximum Gasteiger partial charge on any atom is 0.264 e. The molecule has 5 nitrogen and oxygen atoms in total. The second-order valence-electron chi connectivity index (χ2n) is 6.56. The van der Waals surface area contributed by atoms with Crippen LogP contribution in [0.2, 0.25) is 5.02 Å². The Kier molecular flexibility index (Phi) is 7.07. The highest BCUT2D eigenvalue weighted by Crippen LogP contribution is 2.30. The van der Waals surface area contributed by atoms with Gasteiger partial charge >= 0.3 is 0 Å². The molecule has 1 amide bonds. The highest BCUT2D eigenvalue weighted by Gasteiger charge is 2.28. The van der Waals surface area contributed by atoms with Gasteiger partial charge in [-0.3, -0.25) is 9.10 Å². The van der Waals surface area contributed by atoms with Gasteiger partial charge in [0.2, 0.25) is 5.91 Å². The minimum Gasteiger partial charge on any atom is -0.324 e. The predicted octanol–water partition coefficient (Wildman–Crippen LogP) is 5.20. The van der Waals surface area contributed by atoms with Crippen LogP contribution in [0.5, 0.6) is 0 Å². The van der Waals surface area contributed by atoms with E-state index >= 15 is 0 Å². The van der Waals surface area contributed by atoms with Gasteiger partial charge in [0, 0.05) is 10.6 Å². The van der Waals surface area contributed by atoms with Crippen LogP contribution in [0.4, 0.5) is 11.4 Å². The summed E-state index contributed by atoms with van der Waals surface area (Å²) in [5, 5.41) is 3.01. The molecule has 0 bridgehead atoms. The number of thioether (sulfide) groups is 1.